The molecule has 15 heavy (non-hydrogen) atoms. The first-order valence-electron chi connectivity index (χ1n) is 4.82. The molecule has 1 aromatic rings. The van der Waals surface area contributed by atoms with Gasteiger partial charge in [-0.1, -0.05) is 24.4 Å². The molecule has 0 unspecified atom stereocenters. The van der Waals surface area contributed by atoms with Gasteiger partial charge >= 0.3 is 0 Å². The van der Waals surface area contributed by atoms with Gasteiger partial charge in [0.15, 0.2) is 0 Å². The van der Waals surface area contributed by atoms with Gasteiger partial charge in [-0.15, -0.1) is 0 Å². The molecule has 4 heteroatoms. The number of anilines is 1. The number of hydrogen-bond donors (Lipinski definition) is 1. The van der Waals surface area contributed by atoms with Gasteiger partial charge in [-0.2, -0.15) is 0 Å². The lowest BCUT2D eigenvalue weighted by molar-refractivity contribution is 0.474. The number of alkyl halides is 1. The van der Waals surface area contributed by atoms with E-state index < -0.39 is 0 Å². The van der Waals surface area contributed by atoms with E-state index in [9.17, 15) is 4.39 Å². The molecule has 0 spiro atoms. The molecule has 0 atom stereocenters. The second-order valence-electron chi connectivity index (χ2n) is 3.38. The van der Waals surface area contributed by atoms with Crippen molar-refractivity contribution in [2.24, 2.45) is 5.73 Å². The quantitative estimate of drug-likeness (QED) is 0.780. The van der Waals surface area contributed by atoms with Crippen molar-refractivity contribution < 1.29 is 4.39 Å². The third-order valence-corrected chi connectivity index (χ3v) is 2.43. The molecular formula is C11H15FN2S. The molecule has 2 nitrogen and oxygen atoms in total. The average Bonchev–Trinajstić information content (AvgIpc) is 2.26. The van der Waals surface area contributed by atoms with Crippen molar-refractivity contribution in [1.82, 2.24) is 0 Å². The molecule has 0 bridgehead atoms. The van der Waals surface area contributed by atoms with Crippen LogP contribution in [0.4, 0.5) is 10.1 Å². The minimum absolute atomic E-state index is 0.292. The molecule has 0 aliphatic rings. The molecule has 0 aliphatic heterocycles. The first-order chi connectivity index (χ1) is 7.15. The van der Waals surface area contributed by atoms with Crippen molar-refractivity contribution in [2.45, 2.75) is 6.42 Å². The lowest BCUT2D eigenvalue weighted by atomic mass is 10.2. The zero-order chi connectivity index (χ0) is 11.3. The first-order valence-corrected chi connectivity index (χ1v) is 5.23. The Kier molecular flexibility index (Phi) is 4.49. The van der Waals surface area contributed by atoms with Gasteiger partial charge in [-0.25, -0.2) is 0 Å². The van der Waals surface area contributed by atoms with Crippen LogP contribution in [0.25, 0.3) is 0 Å². The third-order valence-electron chi connectivity index (χ3n) is 2.20. The van der Waals surface area contributed by atoms with Gasteiger partial charge in [0.25, 0.3) is 0 Å². The van der Waals surface area contributed by atoms with Crippen LogP contribution in [-0.2, 0) is 0 Å². The Morgan fingerprint density at radius 1 is 1.53 bits per heavy atom. The molecule has 82 valence electrons. The summed E-state index contributed by atoms with van der Waals surface area (Å²) in [6.07, 6.45) is 0.536. The predicted molar refractivity (Wildman–Crippen MR) is 66.2 cm³/mol. The summed E-state index contributed by atoms with van der Waals surface area (Å²) in [5, 5.41) is 0. The van der Waals surface area contributed by atoms with Crippen LogP contribution in [0.15, 0.2) is 24.3 Å². The normalized spacial score (nSPS) is 10.0. The fourth-order valence-electron chi connectivity index (χ4n) is 1.32. The van der Waals surface area contributed by atoms with Gasteiger partial charge < -0.3 is 10.6 Å². The van der Waals surface area contributed by atoms with Crippen molar-refractivity contribution in [3.05, 3.63) is 29.8 Å². The Labute approximate surface area is 94.9 Å². The van der Waals surface area contributed by atoms with Crippen LogP contribution in [0.5, 0.6) is 0 Å². The van der Waals surface area contributed by atoms with E-state index in [0.717, 1.165) is 11.3 Å². The van der Waals surface area contributed by atoms with Crippen LogP contribution in [0.1, 0.15) is 12.0 Å². The fourth-order valence-corrected chi connectivity index (χ4v) is 1.45. The monoisotopic (exact) mass is 226 g/mol. The highest BCUT2D eigenvalue weighted by atomic mass is 32.1. The van der Waals surface area contributed by atoms with E-state index in [2.05, 4.69) is 0 Å². The summed E-state index contributed by atoms with van der Waals surface area (Å²) < 4.78 is 12.0. The Hall–Kier alpha value is -1.16. The van der Waals surface area contributed by atoms with Crippen LogP contribution < -0.4 is 10.6 Å². The SMILES string of the molecule is CN(CCCF)c1cccc(C(N)=S)c1. The molecule has 0 fully saturated rings. The van der Waals surface area contributed by atoms with Crippen molar-refractivity contribution >= 4 is 22.9 Å². The predicted octanol–water partition coefficient (Wildman–Crippen LogP) is 2.12. The van der Waals surface area contributed by atoms with Gasteiger partial charge in [0.05, 0.1) is 6.67 Å². The second kappa shape index (κ2) is 5.66. The topological polar surface area (TPSA) is 29.3 Å². The summed E-state index contributed by atoms with van der Waals surface area (Å²) in [5.74, 6) is 0. The summed E-state index contributed by atoms with van der Waals surface area (Å²) in [6.45, 7) is 0.399. The van der Waals surface area contributed by atoms with Crippen molar-refractivity contribution in [3.63, 3.8) is 0 Å². The van der Waals surface area contributed by atoms with Crippen LogP contribution in [0.2, 0.25) is 0 Å². The molecule has 0 saturated carbocycles. The maximum Gasteiger partial charge on any atom is 0.104 e. The third kappa shape index (κ3) is 3.47. The number of rotatable bonds is 5. The average molecular weight is 226 g/mol. The van der Waals surface area contributed by atoms with Crippen molar-refractivity contribution in [3.8, 4) is 0 Å². The molecule has 0 heterocycles. The van der Waals surface area contributed by atoms with Gasteiger partial charge in [0.2, 0.25) is 0 Å². The largest absolute Gasteiger partial charge is 0.389 e. The molecule has 0 aliphatic carbocycles. The van der Waals surface area contributed by atoms with E-state index in [4.69, 9.17) is 18.0 Å². The smallest absolute Gasteiger partial charge is 0.104 e. The molecule has 1 aromatic carbocycles. The summed E-state index contributed by atoms with van der Waals surface area (Å²) in [6, 6.07) is 7.64. The number of hydrogen-bond acceptors (Lipinski definition) is 2. The number of nitrogens with two attached hydrogens (primary N) is 1. The molecule has 1 rings (SSSR count). The zero-order valence-corrected chi connectivity index (χ0v) is 9.56. The highest BCUT2D eigenvalue weighted by molar-refractivity contribution is 7.80. The molecule has 0 radical (unpaired) electrons. The zero-order valence-electron chi connectivity index (χ0n) is 8.74. The highest BCUT2D eigenvalue weighted by Gasteiger charge is 2.02. The molecule has 0 saturated heterocycles. The first kappa shape index (κ1) is 11.9. The Morgan fingerprint density at radius 2 is 2.27 bits per heavy atom. The Morgan fingerprint density at radius 3 is 2.87 bits per heavy atom. The molecular weight excluding hydrogens is 211 g/mol. The molecule has 0 aromatic heterocycles. The molecule has 0 amide bonds. The van der Waals surface area contributed by atoms with Gasteiger partial charge in [-0.3, -0.25) is 4.39 Å². The lowest BCUT2D eigenvalue weighted by Crippen LogP contribution is -2.19. The maximum atomic E-state index is 12.0. The minimum atomic E-state index is -0.292. The van der Waals surface area contributed by atoms with E-state index in [0.29, 0.717) is 18.0 Å². The Balaban J connectivity index is 2.76. The van der Waals surface area contributed by atoms with Crippen molar-refractivity contribution in [2.75, 3.05) is 25.2 Å². The number of thiocarbonyl (C=S) groups is 1. The minimum Gasteiger partial charge on any atom is -0.389 e. The van der Waals surface area contributed by atoms with Gasteiger partial charge in [0, 0.05) is 24.8 Å². The van der Waals surface area contributed by atoms with E-state index in [1.165, 1.54) is 0 Å². The summed E-state index contributed by atoms with van der Waals surface area (Å²) in [7, 11) is 1.92. The number of benzene rings is 1. The van der Waals surface area contributed by atoms with E-state index in [1.807, 2.05) is 36.2 Å². The summed E-state index contributed by atoms with van der Waals surface area (Å²) in [4.78, 5) is 2.37. The summed E-state index contributed by atoms with van der Waals surface area (Å²) >= 11 is 4.89. The van der Waals surface area contributed by atoms with Crippen LogP contribution in [0, 0.1) is 0 Å². The summed E-state index contributed by atoms with van der Waals surface area (Å²) in [5.41, 5.74) is 7.39. The standard InChI is InChI=1S/C11H15FN2S/c1-14(7-3-6-12)10-5-2-4-9(8-10)11(13)15/h2,4-5,8H,3,6-7H2,1H3,(H2,13,15). The lowest BCUT2D eigenvalue weighted by Gasteiger charge is -2.19. The van der Waals surface area contributed by atoms with Crippen LogP contribution in [0.3, 0.4) is 0 Å². The Bertz CT molecular complexity index is 341. The van der Waals surface area contributed by atoms with Crippen LogP contribution >= 0.6 is 12.2 Å². The van der Waals surface area contributed by atoms with Crippen LogP contribution in [-0.4, -0.2) is 25.3 Å². The number of halogens is 1. The van der Waals surface area contributed by atoms with Gasteiger partial charge in [0.1, 0.15) is 4.99 Å². The van der Waals surface area contributed by atoms with Gasteiger partial charge in [-0.05, 0) is 18.6 Å². The number of nitrogens with zero attached hydrogens (tertiary/aromatic N) is 1. The van der Waals surface area contributed by atoms with E-state index >= 15 is 0 Å². The van der Waals surface area contributed by atoms with E-state index in [-0.39, 0.29) is 6.67 Å². The van der Waals surface area contributed by atoms with Crippen molar-refractivity contribution in [1.29, 1.82) is 0 Å². The second-order valence-corrected chi connectivity index (χ2v) is 3.82. The van der Waals surface area contributed by atoms with E-state index in [1.54, 1.807) is 0 Å². The molecule has 2 N–H and O–H groups in total. The highest BCUT2D eigenvalue weighted by Crippen LogP contribution is 2.14. The fraction of sp³-hybridized carbons (Fsp3) is 0.364. The maximum absolute atomic E-state index is 12.0.